The summed E-state index contributed by atoms with van der Waals surface area (Å²) in [6.45, 7) is 0. The van der Waals surface area contributed by atoms with Gasteiger partial charge in [0.15, 0.2) is 0 Å². The van der Waals surface area contributed by atoms with Crippen molar-refractivity contribution in [3.05, 3.63) is 29.7 Å². The van der Waals surface area contributed by atoms with Crippen molar-refractivity contribution in [3.8, 4) is 6.07 Å². The molecule has 1 rings (SSSR count). The molecule has 0 saturated carbocycles. The van der Waals surface area contributed by atoms with E-state index in [4.69, 9.17) is 15.1 Å². The summed E-state index contributed by atoms with van der Waals surface area (Å²) in [6.07, 6.45) is 3.03. The van der Waals surface area contributed by atoms with Gasteiger partial charge in [-0.1, -0.05) is 0 Å². The van der Waals surface area contributed by atoms with E-state index in [0.717, 1.165) is 0 Å². The third kappa shape index (κ3) is 2.09. The fourth-order valence-electron chi connectivity index (χ4n) is 0.664. The zero-order chi connectivity index (χ0) is 8.97. The Labute approximate surface area is 78.0 Å². The monoisotopic (exact) mass is 225 g/mol. The third-order valence-electron chi connectivity index (χ3n) is 1.19. The van der Waals surface area contributed by atoms with Crippen LogP contribution in [0.25, 0.3) is 6.08 Å². The number of nitrogens with one attached hydrogen (secondary N) is 1. The van der Waals surface area contributed by atoms with E-state index in [1.54, 1.807) is 12.1 Å². The van der Waals surface area contributed by atoms with Crippen molar-refractivity contribution in [3.63, 3.8) is 0 Å². The van der Waals surface area contributed by atoms with Gasteiger partial charge in [0, 0.05) is 0 Å². The predicted molar refractivity (Wildman–Crippen MR) is 45.8 cm³/mol. The maximum atomic E-state index is 8.57. The fourth-order valence-corrected chi connectivity index (χ4v) is 0.884. The summed E-state index contributed by atoms with van der Waals surface area (Å²) < 4.78 is 5.10. The maximum absolute atomic E-state index is 8.57. The first kappa shape index (κ1) is 8.79. The van der Waals surface area contributed by atoms with Gasteiger partial charge in [-0.3, -0.25) is 0 Å². The first-order chi connectivity index (χ1) is 5.74. The topological polar surface area (TPSA) is 60.8 Å². The van der Waals surface area contributed by atoms with Gasteiger partial charge in [0.25, 0.3) is 0 Å². The average Bonchev–Trinajstić information content (AvgIpc) is 2.51. The van der Waals surface area contributed by atoms with E-state index in [2.05, 4.69) is 16.0 Å². The van der Waals surface area contributed by atoms with Crippen LogP contribution in [0.2, 0.25) is 0 Å². The Balaban J connectivity index is 2.95. The van der Waals surface area contributed by atoms with Crippen molar-refractivity contribution < 1.29 is 4.42 Å². The molecule has 4 heteroatoms. The number of nitrogens with zero attached hydrogens (tertiary/aromatic N) is 1. The van der Waals surface area contributed by atoms with Crippen molar-refractivity contribution in [2.45, 2.75) is 0 Å². The molecular formula is C8H5N2OSe. The van der Waals surface area contributed by atoms with E-state index in [9.17, 15) is 0 Å². The minimum absolute atomic E-state index is 0.119. The first-order valence-corrected chi connectivity index (χ1v) is 4.01. The molecule has 1 N–H and O–H groups in total. The van der Waals surface area contributed by atoms with Gasteiger partial charge < -0.3 is 0 Å². The number of hydrogen-bond donors (Lipinski definition) is 1. The zero-order valence-electron chi connectivity index (χ0n) is 6.07. The van der Waals surface area contributed by atoms with Crippen LogP contribution in [-0.4, -0.2) is 20.6 Å². The van der Waals surface area contributed by atoms with E-state index < -0.39 is 0 Å². The molecule has 3 nitrogen and oxygen atoms in total. The number of rotatable bonds is 2. The molecule has 0 fully saturated rings. The summed E-state index contributed by atoms with van der Waals surface area (Å²) in [5, 5.41) is 15.7. The summed E-state index contributed by atoms with van der Waals surface area (Å²) in [7, 11) is 0. The van der Waals surface area contributed by atoms with Crippen molar-refractivity contribution in [2.24, 2.45) is 0 Å². The van der Waals surface area contributed by atoms with Crippen LogP contribution in [0.5, 0.6) is 0 Å². The molecule has 1 radical (unpaired) electrons. The molecule has 1 aromatic heterocycles. The van der Waals surface area contributed by atoms with Gasteiger partial charge in [-0.2, -0.15) is 0 Å². The molecule has 0 unspecified atom stereocenters. The molecule has 59 valence electrons. The van der Waals surface area contributed by atoms with Gasteiger partial charge in [-0.05, 0) is 0 Å². The van der Waals surface area contributed by atoms with Gasteiger partial charge in [0.2, 0.25) is 0 Å². The summed E-state index contributed by atoms with van der Waals surface area (Å²) in [5.74, 6) is 0.576. The van der Waals surface area contributed by atoms with Crippen molar-refractivity contribution in [1.29, 1.82) is 10.7 Å². The van der Waals surface area contributed by atoms with E-state index in [-0.39, 0.29) is 10.2 Å². The summed E-state index contributed by atoms with van der Waals surface area (Å²) >= 11 is 2.45. The molecule has 0 aromatic carbocycles. The van der Waals surface area contributed by atoms with Crippen molar-refractivity contribution >= 4 is 26.7 Å². The summed E-state index contributed by atoms with van der Waals surface area (Å²) in [4.78, 5) is 0. The fraction of sp³-hybridized carbons (Fsp3) is 0. The molecule has 1 heterocycles. The van der Waals surface area contributed by atoms with Gasteiger partial charge in [-0.25, -0.2) is 0 Å². The van der Waals surface area contributed by atoms with Crippen molar-refractivity contribution in [1.82, 2.24) is 0 Å². The molecule has 0 amide bonds. The molecule has 0 spiro atoms. The quantitative estimate of drug-likeness (QED) is 0.468. The Morgan fingerprint density at radius 3 is 2.92 bits per heavy atom. The second kappa shape index (κ2) is 3.91. The Hall–Kier alpha value is -1.30. The molecule has 0 aliphatic rings. The molecule has 0 bridgehead atoms. The van der Waals surface area contributed by atoms with Gasteiger partial charge in [0.05, 0.1) is 0 Å². The number of furan rings is 1. The van der Waals surface area contributed by atoms with Crippen LogP contribution in [-0.2, 0) is 0 Å². The number of nitriles is 1. The normalized spacial score (nSPS) is 10.8. The van der Waals surface area contributed by atoms with Crippen LogP contribution < -0.4 is 0 Å². The van der Waals surface area contributed by atoms with Crippen molar-refractivity contribution in [2.75, 3.05) is 0 Å². The van der Waals surface area contributed by atoms with Crippen LogP contribution in [0, 0.1) is 16.7 Å². The van der Waals surface area contributed by atoms with Gasteiger partial charge >= 0.3 is 77.6 Å². The average molecular weight is 224 g/mol. The van der Waals surface area contributed by atoms with Crippen LogP contribution in [0.15, 0.2) is 28.4 Å². The van der Waals surface area contributed by atoms with E-state index in [0.29, 0.717) is 5.76 Å². The van der Waals surface area contributed by atoms with Gasteiger partial charge in [-0.15, -0.1) is 0 Å². The minimum atomic E-state index is 0.119. The molecule has 1 aromatic rings. The zero-order valence-corrected chi connectivity index (χ0v) is 7.79. The third-order valence-corrected chi connectivity index (χ3v) is 1.66. The molecule has 0 saturated heterocycles. The van der Waals surface area contributed by atoms with Gasteiger partial charge in [0.1, 0.15) is 0 Å². The summed E-state index contributed by atoms with van der Waals surface area (Å²) in [5.41, 5.74) is 0.268. The predicted octanol–water partition coefficient (Wildman–Crippen LogP) is 1.33. The van der Waals surface area contributed by atoms with Crippen LogP contribution in [0.4, 0.5) is 0 Å². The molecule has 0 aliphatic carbocycles. The number of allylic oxidation sites excluding steroid dienone is 1. The van der Waals surface area contributed by atoms with E-state index in [1.807, 2.05) is 6.07 Å². The van der Waals surface area contributed by atoms with Crippen LogP contribution >= 0.6 is 0 Å². The Morgan fingerprint density at radius 1 is 1.75 bits per heavy atom. The second-order valence-electron chi connectivity index (χ2n) is 2.01. The molecular weight excluding hydrogens is 219 g/mol. The molecule has 0 aliphatic heterocycles. The first-order valence-electron chi connectivity index (χ1n) is 3.15. The molecule has 0 atom stereocenters. The number of hydrogen-bond acceptors (Lipinski definition) is 3. The SMILES string of the molecule is N#C/C(=C\c1ccco1)C(=N)[Se]. The second-order valence-corrected chi connectivity index (χ2v) is 2.87. The standard InChI is InChI=1S/C8H5N2OSe/c9-5-6(8(10)12)4-7-2-1-3-11-7/h1-4,10H/b6-4+,10-8?. The Kier molecular flexibility index (Phi) is 2.87. The van der Waals surface area contributed by atoms with Crippen LogP contribution in [0.1, 0.15) is 5.76 Å². The van der Waals surface area contributed by atoms with Crippen LogP contribution in [0.3, 0.4) is 0 Å². The summed E-state index contributed by atoms with van der Waals surface area (Å²) in [6, 6.07) is 5.33. The molecule has 12 heavy (non-hydrogen) atoms. The van der Waals surface area contributed by atoms with E-state index >= 15 is 0 Å². The Bertz CT molecular complexity index is 346. The van der Waals surface area contributed by atoms with E-state index in [1.165, 1.54) is 12.3 Å². The Morgan fingerprint density at radius 2 is 2.50 bits per heavy atom.